The van der Waals surface area contributed by atoms with E-state index in [2.05, 4.69) is 10.7 Å². The Morgan fingerprint density at radius 3 is 2.37 bits per heavy atom. The van der Waals surface area contributed by atoms with Crippen molar-refractivity contribution >= 4 is 18.0 Å². The van der Waals surface area contributed by atoms with Crippen LogP contribution in [0.15, 0.2) is 78.9 Å². The molecule has 2 amide bonds. The Labute approximate surface area is 176 Å². The summed E-state index contributed by atoms with van der Waals surface area (Å²) in [6.07, 6.45) is 1.89. The van der Waals surface area contributed by atoms with Crippen molar-refractivity contribution in [1.29, 1.82) is 0 Å². The van der Waals surface area contributed by atoms with Gasteiger partial charge in [0.15, 0.2) is 6.04 Å². The Morgan fingerprint density at radius 1 is 0.933 bits per heavy atom. The number of hydrazine groups is 1. The van der Waals surface area contributed by atoms with Crippen LogP contribution in [0.1, 0.15) is 38.7 Å². The summed E-state index contributed by atoms with van der Waals surface area (Å²) >= 11 is 0. The molecule has 1 aliphatic heterocycles. The second-order valence-electron chi connectivity index (χ2n) is 7.60. The van der Waals surface area contributed by atoms with Crippen molar-refractivity contribution in [2.45, 2.75) is 25.9 Å². The molecule has 5 heteroatoms. The van der Waals surface area contributed by atoms with Gasteiger partial charge in [0.2, 0.25) is 12.3 Å². The number of aryl methyl sites for hydroxylation is 2. The van der Waals surface area contributed by atoms with Crippen molar-refractivity contribution in [3.05, 3.63) is 107 Å². The monoisotopic (exact) mass is 398 g/mol. The smallest absolute Gasteiger partial charge is 0.304 e. The molecule has 0 saturated carbocycles. The maximum Gasteiger partial charge on any atom is 0.304 e. The number of benzene rings is 3. The minimum atomic E-state index is -0.722. The van der Waals surface area contributed by atoms with E-state index in [4.69, 9.17) is 0 Å². The number of hydrogen-bond acceptors (Lipinski definition) is 2. The zero-order valence-electron chi connectivity index (χ0n) is 17.0. The fourth-order valence-corrected chi connectivity index (χ4v) is 3.65. The minimum Gasteiger partial charge on any atom is -0.334 e. The largest absolute Gasteiger partial charge is 0.334 e. The lowest BCUT2D eigenvalue weighted by Gasteiger charge is -2.15. The van der Waals surface area contributed by atoms with Gasteiger partial charge >= 0.3 is 5.91 Å². The maximum absolute atomic E-state index is 12.9. The maximum atomic E-state index is 12.9. The summed E-state index contributed by atoms with van der Waals surface area (Å²) in [7, 11) is 0. The van der Waals surface area contributed by atoms with Gasteiger partial charge in [-0.25, -0.2) is 0 Å². The van der Waals surface area contributed by atoms with Gasteiger partial charge in [0.1, 0.15) is 0 Å². The van der Waals surface area contributed by atoms with Crippen molar-refractivity contribution in [3.63, 3.8) is 0 Å². The second kappa shape index (κ2) is 8.33. The van der Waals surface area contributed by atoms with E-state index in [-0.39, 0.29) is 17.9 Å². The minimum absolute atomic E-state index is 0.242. The van der Waals surface area contributed by atoms with Crippen LogP contribution in [-0.2, 0) is 4.79 Å². The summed E-state index contributed by atoms with van der Waals surface area (Å²) < 4.78 is 1.78. The topological polar surface area (TPSA) is 61.2 Å². The van der Waals surface area contributed by atoms with Gasteiger partial charge in [0.25, 0.3) is 5.91 Å². The third-order valence-corrected chi connectivity index (χ3v) is 5.21. The fourth-order valence-electron chi connectivity index (χ4n) is 3.65. The van der Waals surface area contributed by atoms with Gasteiger partial charge in [-0.1, -0.05) is 65.7 Å². The molecule has 0 aromatic heterocycles. The zero-order valence-corrected chi connectivity index (χ0v) is 17.0. The van der Waals surface area contributed by atoms with Gasteiger partial charge in [-0.2, -0.15) is 0 Å². The molecule has 1 heterocycles. The standard InChI is InChI=1S/C25H23N3O2/c1-17-11-13-20(14-12-17)23-22(26-24(29)21-10-6-7-18(2)15-21)25(30)27-28(23)16-19-8-4-3-5-9-19/h3-16,22-23H,1-2H3,(H-,26,27,29,30)/p+1/b28-16-/t22-,23-/m1/s1. The zero-order chi connectivity index (χ0) is 21.1. The summed E-state index contributed by atoms with van der Waals surface area (Å²) in [4.78, 5) is 25.7. The molecule has 1 aliphatic rings. The summed E-state index contributed by atoms with van der Waals surface area (Å²) in [6, 6.07) is 24.1. The van der Waals surface area contributed by atoms with Crippen LogP contribution in [0.3, 0.4) is 0 Å². The number of carbonyl (C=O) groups excluding carboxylic acids is 2. The van der Waals surface area contributed by atoms with E-state index >= 15 is 0 Å². The number of hydrazone groups is 1. The van der Waals surface area contributed by atoms with E-state index in [0.29, 0.717) is 5.56 Å². The first-order valence-electron chi connectivity index (χ1n) is 9.94. The van der Waals surface area contributed by atoms with Crippen LogP contribution in [0.25, 0.3) is 0 Å². The number of carbonyl (C=O) groups is 2. The van der Waals surface area contributed by atoms with Crippen molar-refractivity contribution in [2.75, 3.05) is 0 Å². The average Bonchev–Trinajstić information content (AvgIpc) is 3.04. The molecule has 0 unspecified atom stereocenters. The molecule has 150 valence electrons. The SMILES string of the molecule is Cc1ccc([C@@H]2[C@@H](NC(=O)c3cccc(C)c3)C(=O)N/[N+]2=C\c2ccccc2)cc1. The lowest BCUT2D eigenvalue weighted by atomic mass is 9.98. The average molecular weight is 398 g/mol. The van der Waals surface area contributed by atoms with Crippen molar-refractivity contribution < 1.29 is 14.3 Å². The Hall–Kier alpha value is -3.73. The predicted octanol–water partition coefficient (Wildman–Crippen LogP) is 3.32. The van der Waals surface area contributed by atoms with Gasteiger partial charge in [-0.15, -0.1) is 10.1 Å². The molecule has 3 aromatic carbocycles. The predicted molar refractivity (Wildman–Crippen MR) is 116 cm³/mol. The Kier molecular flexibility index (Phi) is 5.44. The normalized spacial score (nSPS) is 19.5. The van der Waals surface area contributed by atoms with Crippen LogP contribution in [0.2, 0.25) is 0 Å². The molecule has 30 heavy (non-hydrogen) atoms. The van der Waals surface area contributed by atoms with Crippen LogP contribution in [0.4, 0.5) is 0 Å². The molecule has 3 aromatic rings. The molecule has 0 aliphatic carbocycles. The van der Waals surface area contributed by atoms with E-state index in [1.165, 1.54) is 0 Å². The highest BCUT2D eigenvalue weighted by atomic mass is 16.2. The van der Waals surface area contributed by atoms with E-state index in [1.807, 2.05) is 92.9 Å². The van der Waals surface area contributed by atoms with Crippen molar-refractivity contribution in [2.24, 2.45) is 0 Å². The molecule has 2 N–H and O–H groups in total. The Bertz CT molecular complexity index is 1100. The lowest BCUT2D eigenvalue weighted by molar-refractivity contribution is -0.596. The van der Waals surface area contributed by atoms with E-state index in [9.17, 15) is 9.59 Å². The summed E-state index contributed by atoms with van der Waals surface area (Å²) in [6.45, 7) is 3.96. The Morgan fingerprint density at radius 2 is 1.67 bits per heavy atom. The molecule has 1 fully saturated rings. The fraction of sp³-hybridized carbons (Fsp3) is 0.160. The summed E-state index contributed by atoms with van der Waals surface area (Å²) in [5.74, 6) is -0.508. The number of rotatable bonds is 4. The number of amides is 2. The lowest BCUT2D eigenvalue weighted by Crippen LogP contribution is -2.42. The van der Waals surface area contributed by atoms with Gasteiger partial charge in [0.05, 0.1) is 0 Å². The van der Waals surface area contributed by atoms with Crippen LogP contribution < -0.4 is 10.7 Å². The first-order valence-corrected chi connectivity index (χ1v) is 9.94. The van der Waals surface area contributed by atoms with Crippen molar-refractivity contribution in [3.8, 4) is 0 Å². The Balaban J connectivity index is 1.70. The number of nitrogens with zero attached hydrogens (tertiary/aromatic N) is 1. The molecule has 2 atom stereocenters. The third-order valence-electron chi connectivity index (χ3n) is 5.21. The van der Waals surface area contributed by atoms with Crippen LogP contribution >= 0.6 is 0 Å². The van der Waals surface area contributed by atoms with Gasteiger partial charge in [-0.05, 0) is 38.1 Å². The number of hydrogen-bond donors (Lipinski definition) is 2. The molecule has 4 rings (SSSR count). The highest BCUT2D eigenvalue weighted by Gasteiger charge is 2.47. The highest BCUT2D eigenvalue weighted by Crippen LogP contribution is 2.26. The molecule has 0 spiro atoms. The van der Waals surface area contributed by atoms with Crippen molar-refractivity contribution in [1.82, 2.24) is 10.7 Å². The van der Waals surface area contributed by atoms with E-state index < -0.39 is 6.04 Å². The number of nitrogens with one attached hydrogen (secondary N) is 2. The third kappa shape index (κ3) is 4.15. The van der Waals surface area contributed by atoms with Crippen LogP contribution in [0.5, 0.6) is 0 Å². The molecule has 5 nitrogen and oxygen atoms in total. The quantitative estimate of drug-likeness (QED) is 0.663. The molecule has 1 saturated heterocycles. The van der Waals surface area contributed by atoms with E-state index in [1.54, 1.807) is 10.8 Å². The van der Waals surface area contributed by atoms with Crippen LogP contribution in [0, 0.1) is 13.8 Å². The van der Waals surface area contributed by atoms with E-state index in [0.717, 1.165) is 22.3 Å². The summed E-state index contributed by atoms with van der Waals surface area (Å²) in [5.41, 5.74) is 7.48. The summed E-state index contributed by atoms with van der Waals surface area (Å²) in [5, 5.41) is 2.94. The molecular weight excluding hydrogens is 374 g/mol. The second-order valence-corrected chi connectivity index (χ2v) is 7.60. The molecular formula is C25H24N3O2+. The molecule has 0 radical (unpaired) electrons. The van der Waals surface area contributed by atoms with Gasteiger partial charge in [-0.3, -0.25) is 9.59 Å². The first-order chi connectivity index (χ1) is 14.5. The van der Waals surface area contributed by atoms with Crippen LogP contribution in [-0.4, -0.2) is 28.8 Å². The van der Waals surface area contributed by atoms with Gasteiger partial charge in [0, 0.05) is 16.7 Å². The molecule has 0 bridgehead atoms. The highest BCUT2D eigenvalue weighted by molar-refractivity contribution is 5.98. The first kappa shape index (κ1) is 19.6. The van der Waals surface area contributed by atoms with Gasteiger partial charge < -0.3 is 5.32 Å².